The van der Waals surface area contributed by atoms with Crippen LogP contribution in [0.3, 0.4) is 0 Å². The van der Waals surface area contributed by atoms with E-state index < -0.39 is 0 Å². The van der Waals surface area contributed by atoms with Gasteiger partial charge in [-0.15, -0.1) is 0 Å². The van der Waals surface area contributed by atoms with Gasteiger partial charge in [-0.2, -0.15) is 0 Å². The molecule has 4 unspecified atom stereocenters. The normalized spacial score (nSPS) is 30.2. The molecule has 0 bridgehead atoms. The number of rotatable bonds is 3. The van der Waals surface area contributed by atoms with Crippen LogP contribution in [-0.2, 0) is 6.42 Å². The monoisotopic (exact) mass is 328 g/mol. The first-order valence-electron chi connectivity index (χ1n) is 10.2. The first-order valence-corrected chi connectivity index (χ1v) is 10.2. The zero-order valence-electron chi connectivity index (χ0n) is 15.0. The van der Waals surface area contributed by atoms with Crippen molar-refractivity contribution in [3.8, 4) is 0 Å². The summed E-state index contributed by atoms with van der Waals surface area (Å²) in [5.74, 6) is 3.35. The van der Waals surface area contributed by atoms with Crippen LogP contribution in [0.15, 0.2) is 54.6 Å². The van der Waals surface area contributed by atoms with Gasteiger partial charge in [0.2, 0.25) is 0 Å². The Labute approximate surface area is 152 Å². The van der Waals surface area contributed by atoms with Crippen molar-refractivity contribution >= 4 is 6.08 Å². The van der Waals surface area contributed by atoms with Gasteiger partial charge in [-0.05, 0) is 65.7 Å². The molecule has 0 heterocycles. The van der Waals surface area contributed by atoms with Gasteiger partial charge >= 0.3 is 0 Å². The van der Waals surface area contributed by atoms with E-state index in [1.807, 2.05) is 0 Å². The van der Waals surface area contributed by atoms with Gasteiger partial charge in [0.1, 0.15) is 0 Å². The summed E-state index contributed by atoms with van der Waals surface area (Å²) in [4.78, 5) is 0. The lowest BCUT2D eigenvalue weighted by molar-refractivity contribution is 0.259. The highest BCUT2D eigenvalue weighted by Crippen LogP contribution is 2.51. The van der Waals surface area contributed by atoms with Crippen LogP contribution < -0.4 is 0 Å². The van der Waals surface area contributed by atoms with Gasteiger partial charge in [-0.3, -0.25) is 0 Å². The molecule has 25 heavy (non-hydrogen) atoms. The molecule has 0 saturated heterocycles. The lowest BCUT2D eigenvalue weighted by Crippen LogP contribution is -2.19. The molecule has 2 saturated carbocycles. The summed E-state index contributed by atoms with van der Waals surface area (Å²) in [6.07, 6.45) is 14.7. The van der Waals surface area contributed by atoms with Gasteiger partial charge in [0, 0.05) is 5.92 Å². The van der Waals surface area contributed by atoms with Gasteiger partial charge in [0.05, 0.1) is 0 Å². The fraction of sp³-hybridized carbons (Fsp3) is 0.440. The molecule has 0 amide bonds. The minimum absolute atomic E-state index is 0.556. The van der Waals surface area contributed by atoms with E-state index in [-0.39, 0.29) is 0 Å². The second kappa shape index (κ2) is 6.48. The fourth-order valence-corrected chi connectivity index (χ4v) is 5.94. The van der Waals surface area contributed by atoms with Gasteiger partial charge in [0.15, 0.2) is 0 Å². The average molecular weight is 328 g/mol. The second-order valence-electron chi connectivity index (χ2n) is 8.39. The quantitative estimate of drug-likeness (QED) is 0.586. The van der Waals surface area contributed by atoms with Crippen molar-refractivity contribution < 1.29 is 0 Å². The first kappa shape index (κ1) is 15.4. The molecule has 2 aromatic carbocycles. The fourth-order valence-electron chi connectivity index (χ4n) is 5.94. The third-order valence-electron chi connectivity index (χ3n) is 7.13. The molecular weight excluding hydrogens is 300 g/mol. The van der Waals surface area contributed by atoms with Crippen LogP contribution in [0, 0.1) is 11.8 Å². The van der Waals surface area contributed by atoms with Crippen molar-refractivity contribution in [2.75, 3.05) is 0 Å². The van der Waals surface area contributed by atoms with Gasteiger partial charge in [-0.25, -0.2) is 0 Å². The summed E-state index contributed by atoms with van der Waals surface area (Å²) >= 11 is 0. The van der Waals surface area contributed by atoms with Crippen LogP contribution in [0.25, 0.3) is 6.08 Å². The summed E-state index contributed by atoms with van der Waals surface area (Å²) in [5, 5.41) is 0. The maximum absolute atomic E-state index is 2.45. The van der Waals surface area contributed by atoms with E-state index in [0.29, 0.717) is 5.92 Å². The molecule has 128 valence electrons. The Morgan fingerprint density at radius 2 is 1.56 bits per heavy atom. The lowest BCUT2D eigenvalue weighted by Gasteiger charge is -2.30. The number of hydrogen-bond acceptors (Lipinski definition) is 0. The average Bonchev–Trinajstić information content (AvgIpc) is 3.27. The van der Waals surface area contributed by atoms with Crippen molar-refractivity contribution in [1.29, 1.82) is 0 Å². The number of benzene rings is 2. The second-order valence-corrected chi connectivity index (χ2v) is 8.39. The smallest absolute Gasteiger partial charge is 0.00677 e. The maximum atomic E-state index is 2.45. The molecule has 0 radical (unpaired) electrons. The Morgan fingerprint density at radius 3 is 2.52 bits per heavy atom. The van der Waals surface area contributed by atoms with E-state index in [0.717, 1.165) is 24.2 Å². The summed E-state index contributed by atoms with van der Waals surface area (Å²) in [6.45, 7) is 0. The molecule has 0 N–H and O–H groups in total. The van der Waals surface area contributed by atoms with E-state index in [4.69, 9.17) is 0 Å². The predicted octanol–water partition coefficient (Wildman–Crippen LogP) is 6.72. The number of hydrogen-bond donors (Lipinski definition) is 0. The molecule has 3 aliphatic rings. The Kier molecular flexibility index (Phi) is 4.00. The number of allylic oxidation sites excluding steroid dienone is 1. The number of fused-ring (bicyclic) bond motifs is 2. The summed E-state index contributed by atoms with van der Waals surface area (Å²) < 4.78 is 0. The van der Waals surface area contributed by atoms with Crippen molar-refractivity contribution in [2.24, 2.45) is 11.8 Å². The van der Waals surface area contributed by atoms with Crippen LogP contribution in [0.5, 0.6) is 0 Å². The van der Waals surface area contributed by atoms with Gasteiger partial charge in [0.25, 0.3) is 0 Å². The zero-order chi connectivity index (χ0) is 16.6. The highest BCUT2D eigenvalue weighted by atomic mass is 14.4. The van der Waals surface area contributed by atoms with Crippen molar-refractivity contribution in [2.45, 2.75) is 56.8 Å². The summed E-state index contributed by atoms with van der Waals surface area (Å²) in [5.41, 5.74) is 6.21. The highest BCUT2D eigenvalue weighted by molar-refractivity contribution is 5.62. The van der Waals surface area contributed by atoms with E-state index in [1.165, 1.54) is 49.7 Å². The topological polar surface area (TPSA) is 0 Å². The van der Waals surface area contributed by atoms with Crippen LogP contribution in [-0.4, -0.2) is 0 Å². The molecule has 0 heteroatoms. The molecule has 5 rings (SSSR count). The summed E-state index contributed by atoms with van der Waals surface area (Å²) in [7, 11) is 0. The molecule has 4 atom stereocenters. The third-order valence-corrected chi connectivity index (χ3v) is 7.13. The Balaban J connectivity index is 1.43. The lowest BCUT2D eigenvalue weighted by atomic mass is 9.74. The molecule has 0 aromatic heterocycles. The van der Waals surface area contributed by atoms with Crippen molar-refractivity contribution in [3.63, 3.8) is 0 Å². The largest absolute Gasteiger partial charge is 0.0760 e. The predicted molar refractivity (Wildman–Crippen MR) is 106 cm³/mol. The molecule has 3 aliphatic carbocycles. The standard InChI is InChI=1S/C25H28/c1-4-10-22-18(7-1)13-14-21(22)17-20-9-3-6-12-24(20)25-16-15-19-8-2-5-11-23(19)25/h1,3-4,6-7,9-10,12-14,19,21,23,25H,2,5,8,11,15-17H2. The van der Waals surface area contributed by atoms with E-state index in [2.05, 4.69) is 60.7 Å². The first-order chi connectivity index (χ1) is 12.4. The molecule has 0 aliphatic heterocycles. The van der Waals surface area contributed by atoms with E-state index in [9.17, 15) is 0 Å². The van der Waals surface area contributed by atoms with Crippen molar-refractivity contribution in [1.82, 2.24) is 0 Å². The zero-order valence-corrected chi connectivity index (χ0v) is 15.0. The van der Waals surface area contributed by atoms with Gasteiger partial charge in [-0.1, -0.05) is 79.9 Å². The Bertz CT molecular complexity index is 784. The van der Waals surface area contributed by atoms with E-state index >= 15 is 0 Å². The van der Waals surface area contributed by atoms with Crippen LogP contribution in [0.1, 0.15) is 72.6 Å². The van der Waals surface area contributed by atoms with Crippen molar-refractivity contribution in [3.05, 3.63) is 76.9 Å². The van der Waals surface area contributed by atoms with Crippen LogP contribution >= 0.6 is 0 Å². The molecular formula is C25H28. The van der Waals surface area contributed by atoms with E-state index in [1.54, 1.807) is 11.1 Å². The molecule has 2 aromatic rings. The van der Waals surface area contributed by atoms with Crippen LogP contribution in [0.4, 0.5) is 0 Å². The molecule has 2 fully saturated rings. The maximum Gasteiger partial charge on any atom is 0.00677 e. The molecule has 0 nitrogen and oxygen atoms in total. The third kappa shape index (κ3) is 2.76. The Hall–Kier alpha value is -1.82. The highest BCUT2D eigenvalue weighted by Gasteiger charge is 2.38. The summed E-state index contributed by atoms with van der Waals surface area (Å²) in [6, 6.07) is 18.3. The van der Waals surface area contributed by atoms with Crippen LogP contribution in [0.2, 0.25) is 0 Å². The van der Waals surface area contributed by atoms with Gasteiger partial charge < -0.3 is 0 Å². The SMILES string of the molecule is C1=CC(Cc2ccccc2C2CCC3CCCCC32)c2ccccc21. The minimum Gasteiger partial charge on any atom is -0.0760 e. The minimum atomic E-state index is 0.556. The molecule has 0 spiro atoms. The Morgan fingerprint density at radius 1 is 0.760 bits per heavy atom.